The Morgan fingerprint density at radius 3 is 1.85 bits per heavy atom. The Balaban J connectivity index is 1.58. The summed E-state index contributed by atoms with van der Waals surface area (Å²) in [5, 5.41) is 1.56. The monoisotopic (exact) mass is 380 g/mol. The second-order valence-electron chi connectivity index (χ2n) is 8.23. The quantitative estimate of drug-likeness (QED) is 0.488. The van der Waals surface area contributed by atoms with E-state index in [4.69, 9.17) is 4.74 Å². The predicted octanol–water partition coefficient (Wildman–Crippen LogP) is 7.04. The molecule has 2 aliphatic carbocycles. The van der Waals surface area contributed by atoms with Crippen molar-refractivity contribution in [3.8, 4) is 5.75 Å². The molecule has 0 aromatic heterocycles. The van der Waals surface area contributed by atoms with Crippen molar-refractivity contribution < 1.29 is 4.74 Å². The van der Waals surface area contributed by atoms with Crippen LogP contribution < -0.4 is 10.0 Å². The van der Waals surface area contributed by atoms with Crippen LogP contribution in [0.2, 0.25) is 0 Å². The van der Waals surface area contributed by atoms with Gasteiger partial charge in [-0.3, -0.25) is 0 Å². The van der Waals surface area contributed by atoms with E-state index in [-0.39, 0.29) is 7.92 Å². The summed E-state index contributed by atoms with van der Waals surface area (Å²) in [4.78, 5) is 0. The maximum absolute atomic E-state index is 6.40. The molecule has 0 N–H and O–H groups in total. The van der Waals surface area contributed by atoms with Crippen molar-refractivity contribution in [1.29, 1.82) is 0 Å². The minimum atomic E-state index is -0.118. The molecule has 2 aromatic rings. The largest absolute Gasteiger partial charge is 0.488 e. The molecule has 0 spiro atoms. The van der Waals surface area contributed by atoms with Crippen LogP contribution in [-0.4, -0.2) is 11.3 Å². The minimum absolute atomic E-state index is 0.118. The molecule has 2 saturated carbocycles. The van der Waals surface area contributed by atoms with E-state index in [1.54, 1.807) is 5.30 Å². The molecule has 0 amide bonds. The van der Waals surface area contributed by atoms with Gasteiger partial charge in [0.2, 0.25) is 0 Å². The molecule has 0 saturated heterocycles. The first-order chi connectivity index (χ1) is 13.4. The number of rotatable bonds is 6. The minimum Gasteiger partial charge on any atom is -0.488 e. The van der Waals surface area contributed by atoms with E-state index < -0.39 is 0 Å². The molecule has 4 rings (SSSR count). The summed E-state index contributed by atoms with van der Waals surface area (Å²) in [6, 6.07) is 19.6. The second kappa shape index (κ2) is 9.74. The number of hydrogen-bond donors (Lipinski definition) is 0. The maximum atomic E-state index is 6.40. The van der Waals surface area contributed by atoms with Crippen LogP contribution in [0.1, 0.15) is 69.8 Å². The summed E-state index contributed by atoms with van der Waals surface area (Å²) in [5.41, 5.74) is 3.09. The molecule has 0 atom stereocenters. The Morgan fingerprint density at radius 1 is 0.667 bits per heavy atom. The lowest BCUT2D eigenvalue weighted by molar-refractivity contribution is 0.308. The Morgan fingerprint density at radius 2 is 1.22 bits per heavy atom. The van der Waals surface area contributed by atoms with Crippen LogP contribution in [0.3, 0.4) is 0 Å². The number of benzene rings is 2. The van der Waals surface area contributed by atoms with Crippen molar-refractivity contribution in [1.82, 2.24) is 0 Å². The highest BCUT2D eigenvalue weighted by molar-refractivity contribution is 7.67. The van der Waals surface area contributed by atoms with E-state index in [1.165, 1.54) is 69.8 Å². The van der Waals surface area contributed by atoms with Gasteiger partial charge in [-0.05, 0) is 48.6 Å². The van der Waals surface area contributed by atoms with Crippen LogP contribution in [0, 0.1) is 0 Å². The summed E-state index contributed by atoms with van der Waals surface area (Å²) in [5.74, 6) is 1.16. The van der Waals surface area contributed by atoms with Crippen molar-refractivity contribution in [2.75, 3.05) is 0 Å². The van der Waals surface area contributed by atoms with E-state index in [1.807, 2.05) is 0 Å². The van der Waals surface area contributed by atoms with Crippen LogP contribution in [0.15, 0.2) is 54.6 Å². The van der Waals surface area contributed by atoms with E-state index in [0.29, 0.717) is 6.61 Å². The van der Waals surface area contributed by atoms with Crippen LogP contribution >= 0.6 is 7.92 Å². The van der Waals surface area contributed by atoms with Crippen LogP contribution in [-0.2, 0) is 6.61 Å². The zero-order valence-corrected chi connectivity index (χ0v) is 17.4. The van der Waals surface area contributed by atoms with Crippen molar-refractivity contribution in [2.24, 2.45) is 0 Å². The van der Waals surface area contributed by atoms with Crippen LogP contribution in [0.5, 0.6) is 5.75 Å². The smallest absolute Gasteiger partial charge is 0.127 e. The zero-order valence-electron chi connectivity index (χ0n) is 16.5. The van der Waals surface area contributed by atoms with Gasteiger partial charge in [0.05, 0.1) is 0 Å². The summed E-state index contributed by atoms with van der Waals surface area (Å²) in [6.45, 7) is 0.677. The summed E-state index contributed by atoms with van der Waals surface area (Å²) in [6.07, 6.45) is 14.4. The standard InChI is InChI=1S/C25H33OP/c1-4-12-21(13-5-1)20-26-24-18-10-11-19-25(24)27(22-14-6-2-7-15-22)23-16-8-3-9-17-23/h1,4-5,10-13,18-19,22-23H,2-3,6-9,14-17,20H2. The fraction of sp³-hybridized carbons (Fsp3) is 0.520. The van der Waals surface area contributed by atoms with Crippen molar-refractivity contribution in [2.45, 2.75) is 82.1 Å². The highest BCUT2D eigenvalue weighted by atomic mass is 31.1. The van der Waals surface area contributed by atoms with Crippen molar-refractivity contribution >= 4 is 13.2 Å². The molecule has 2 heteroatoms. The lowest BCUT2D eigenvalue weighted by Crippen LogP contribution is -2.27. The molecule has 1 nitrogen and oxygen atoms in total. The number of para-hydroxylation sites is 1. The average Bonchev–Trinajstić information content (AvgIpc) is 2.76. The molecule has 0 bridgehead atoms. The fourth-order valence-corrected chi connectivity index (χ4v) is 8.82. The van der Waals surface area contributed by atoms with Gasteiger partial charge in [-0.25, -0.2) is 0 Å². The summed E-state index contributed by atoms with van der Waals surface area (Å²) in [7, 11) is -0.118. The van der Waals surface area contributed by atoms with Crippen molar-refractivity contribution in [3.63, 3.8) is 0 Å². The zero-order chi connectivity index (χ0) is 18.3. The Labute approximate surface area is 166 Å². The van der Waals surface area contributed by atoms with Crippen molar-refractivity contribution in [3.05, 3.63) is 60.2 Å². The Hall–Kier alpha value is -1.33. The second-order valence-corrected chi connectivity index (χ2v) is 11.0. The third kappa shape index (κ3) is 4.94. The molecule has 0 aliphatic heterocycles. The first kappa shape index (κ1) is 19.0. The number of ether oxygens (including phenoxy) is 1. The molecule has 2 aliphatic rings. The van der Waals surface area contributed by atoms with Gasteiger partial charge in [-0.15, -0.1) is 0 Å². The summed E-state index contributed by atoms with van der Waals surface area (Å²) >= 11 is 0. The van der Waals surface area contributed by atoms with Crippen LogP contribution in [0.25, 0.3) is 0 Å². The van der Waals surface area contributed by atoms with Gasteiger partial charge in [0.15, 0.2) is 0 Å². The van der Waals surface area contributed by atoms with Crippen LogP contribution in [0.4, 0.5) is 0 Å². The fourth-order valence-electron chi connectivity index (χ4n) is 4.94. The lowest BCUT2D eigenvalue weighted by atomic mass is 9.99. The van der Waals surface area contributed by atoms with E-state index >= 15 is 0 Å². The third-order valence-electron chi connectivity index (χ3n) is 6.32. The van der Waals surface area contributed by atoms with Gasteiger partial charge < -0.3 is 4.74 Å². The van der Waals surface area contributed by atoms with E-state index in [9.17, 15) is 0 Å². The molecule has 27 heavy (non-hydrogen) atoms. The van der Waals surface area contributed by atoms with E-state index in [0.717, 1.165) is 17.1 Å². The first-order valence-electron chi connectivity index (χ1n) is 11.0. The number of hydrogen-bond acceptors (Lipinski definition) is 1. The Bertz CT molecular complexity index is 668. The molecule has 2 fully saturated rings. The highest BCUT2D eigenvalue weighted by Gasteiger charge is 2.33. The first-order valence-corrected chi connectivity index (χ1v) is 12.4. The molecule has 0 heterocycles. The molecular weight excluding hydrogens is 347 g/mol. The molecule has 0 radical (unpaired) electrons. The molecular formula is C25H33OP. The Kier molecular flexibility index (Phi) is 6.86. The van der Waals surface area contributed by atoms with Gasteiger partial charge in [0.1, 0.15) is 12.4 Å². The third-order valence-corrected chi connectivity index (χ3v) is 9.85. The van der Waals surface area contributed by atoms with Gasteiger partial charge in [0.25, 0.3) is 0 Å². The topological polar surface area (TPSA) is 9.23 Å². The molecule has 0 unspecified atom stereocenters. The average molecular weight is 381 g/mol. The van der Waals surface area contributed by atoms with Gasteiger partial charge in [-0.2, -0.15) is 0 Å². The van der Waals surface area contributed by atoms with E-state index in [2.05, 4.69) is 54.6 Å². The normalized spacial score (nSPS) is 19.3. The maximum Gasteiger partial charge on any atom is 0.127 e. The van der Waals surface area contributed by atoms with Gasteiger partial charge in [-0.1, -0.05) is 95.0 Å². The predicted molar refractivity (Wildman–Crippen MR) is 118 cm³/mol. The highest BCUT2D eigenvalue weighted by Crippen LogP contribution is 2.56. The molecule has 2 aromatic carbocycles. The molecule has 144 valence electrons. The van der Waals surface area contributed by atoms with Gasteiger partial charge in [0, 0.05) is 5.30 Å². The SMILES string of the molecule is c1ccc(COc2ccccc2P(C2CCCCC2)C2CCCCC2)cc1. The lowest BCUT2D eigenvalue weighted by Gasteiger charge is -2.39. The summed E-state index contributed by atoms with van der Waals surface area (Å²) < 4.78 is 6.40. The van der Waals surface area contributed by atoms with Gasteiger partial charge >= 0.3 is 0 Å².